The summed E-state index contributed by atoms with van der Waals surface area (Å²) in [5, 5.41) is 12.7. The van der Waals surface area contributed by atoms with Crippen molar-refractivity contribution in [2.75, 3.05) is 49.7 Å². The standard InChI is InChI=1S/C21H24ClN5O4/c1-25(9-8-18-30-12-13-31-18)20-19(27(28)29)21(24-14-23-20)26-10-6-16(7-11-26)15-2-4-17(22)5-3-15/h2-6,14,18H,7-13H2,1H3. The number of halogens is 1. The van der Waals surface area contributed by atoms with Gasteiger partial charge in [0.2, 0.25) is 11.6 Å². The Bertz CT molecular complexity index is 963. The number of nitrogens with zero attached hydrogens (tertiary/aromatic N) is 5. The summed E-state index contributed by atoms with van der Waals surface area (Å²) in [7, 11) is 1.78. The molecule has 2 aromatic rings. The maximum atomic E-state index is 12.0. The van der Waals surface area contributed by atoms with Crippen molar-refractivity contribution in [2.24, 2.45) is 0 Å². The molecule has 3 heterocycles. The van der Waals surface area contributed by atoms with Crippen LogP contribution in [0.2, 0.25) is 5.02 Å². The van der Waals surface area contributed by atoms with Gasteiger partial charge in [-0.05, 0) is 29.7 Å². The lowest BCUT2D eigenvalue weighted by molar-refractivity contribution is -0.383. The second kappa shape index (κ2) is 9.59. The summed E-state index contributed by atoms with van der Waals surface area (Å²) in [5.74, 6) is 0.627. The highest BCUT2D eigenvalue weighted by molar-refractivity contribution is 6.30. The number of hydrogen-bond donors (Lipinski definition) is 0. The van der Waals surface area contributed by atoms with Gasteiger partial charge < -0.3 is 19.3 Å². The smallest absolute Gasteiger partial charge is 0.353 e. The molecule has 10 heteroatoms. The quantitative estimate of drug-likeness (QED) is 0.472. The zero-order valence-corrected chi connectivity index (χ0v) is 18.0. The Labute approximate surface area is 185 Å². The highest BCUT2D eigenvalue weighted by atomic mass is 35.5. The predicted molar refractivity (Wildman–Crippen MR) is 119 cm³/mol. The van der Waals surface area contributed by atoms with Crippen molar-refractivity contribution in [1.29, 1.82) is 0 Å². The summed E-state index contributed by atoms with van der Waals surface area (Å²) in [6.45, 7) is 2.82. The fourth-order valence-electron chi connectivity index (χ4n) is 3.80. The Hall–Kier alpha value is -2.75. The van der Waals surface area contributed by atoms with E-state index in [0.717, 1.165) is 12.0 Å². The van der Waals surface area contributed by atoms with Gasteiger partial charge in [-0.25, -0.2) is 9.97 Å². The second-order valence-electron chi connectivity index (χ2n) is 7.44. The highest BCUT2D eigenvalue weighted by Gasteiger charge is 2.30. The largest absolute Gasteiger partial charge is 0.354 e. The van der Waals surface area contributed by atoms with E-state index < -0.39 is 4.92 Å². The third-order valence-electron chi connectivity index (χ3n) is 5.44. The third-order valence-corrected chi connectivity index (χ3v) is 5.69. The third kappa shape index (κ3) is 4.95. The topological polar surface area (TPSA) is 93.9 Å². The van der Waals surface area contributed by atoms with Crippen LogP contribution < -0.4 is 9.80 Å². The van der Waals surface area contributed by atoms with E-state index in [9.17, 15) is 10.1 Å². The van der Waals surface area contributed by atoms with Gasteiger partial charge in [-0.1, -0.05) is 29.8 Å². The van der Waals surface area contributed by atoms with Gasteiger partial charge in [0.25, 0.3) is 0 Å². The van der Waals surface area contributed by atoms with Gasteiger partial charge in [0.1, 0.15) is 6.33 Å². The number of rotatable bonds is 7. The average molecular weight is 446 g/mol. The zero-order valence-electron chi connectivity index (χ0n) is 17.2. The molecule has 0 saturated carbocycles. The van der Waals surface area contributed by atoms with Crippen molar-refractivity contribution in [2.45, 2.75) is 19.1 Å². The van der Waals surface area contributed by atoms with E-state index in [-0.39, 0.29) is 12.0 Å². The van der Waals surface area contributed by atoms with Crippen LogP contribution in [0.25, 0.3) is 5.57 Å². The summed E-state index contributed by atoms with van der Waals surface area (Å²) in [6, 6.07) is 7.70. The number of aromatic nitrogens is 2. The lowest BCUT2D eigenvalue weighted by Crippen LogP contribution is -2.31. The number of ether oxygens (including phenoxy) is 2. The van der Waals surface area contributed by atoms with Crippen LogP contribution in [-0.2, 0) is 9.47 Å². The Morgan fingerprint density at radius 2 is 2.00 bits per heavy atom. The van der Waals surface area contributed by atoms with E-state index >= 15 is 0 Å². The van der Waals surface area contributed by atoms with Crippen molar-refractivity contribution >= 4 is 34.5 Å². The maximum Gasteiger partial charge on any atom is 0.353 e. The fraction of sp³-hybridized carbons (Fsp3) is 0.429. The molecule has 0 radical (unpaired) electrons. The molecule has 1 saturated heterocycles. The van der Waals surface area contributed by atoms with E-state index in [0.29, 0.717) is 55.9 Å². The average Bonchev–Trinajstić information content (AvgIpc) is 3.31. The van der Waals surface area contributed by atoms with E-state index in [2.05, 4.69) is 16.0 Å². The van der Waals surface area contributed by atoms with Crippen LogP contribution in [0, 0.1) is 10.1 Å². The first-order valence-electron chi connectivity index (χ1n) is 10.2. The molecule has 1 aromatic carbocycles. The van der Waals surface area contributed by atoms with Gasteiger partial charge in [-0.15, -0.1) is 0 Å². The monoisotopic (exact) mass is 445 g/mol. The molecule has 4 rings (SSSR count). The predicted octanol–water partition coefficient (Wildman–Crippen LogP) is 3.53. The Morgan fingerprint density at radius 3 is 2.65 bits per heavy atom. The molecular weight excluding hydrogens is 422 g/mol. The van der Waals surface area contributed by atoms with Gasteiger partial charge in [0.05, 0.1) is 18.1 Å². The molecule has 9 nitrogen and oxygen atoms in total. The van der Waals surface area contributed by atoms with Gasteiger partial charge in [0, 0.05) is 38.1 Å². The number of nitro groups is 1. The molecule has 0 bridgehead atoms. The van der Waals surface area contributed by atoms with Gasteiger partial charge >= 0.3 is 5.69 Å². The van der Waals surface area contributed by atoms with Gasteiger partial charge in [-0.2, -0.15) is 0 Å². The number of hydrogen-bond acceptors (Lipinski definition) is 8. The normalized spacial score (nSPS) is 17.0. The van der Waals surface area contributed by atoms with Gasteiger partial charge in [0.15, 0.2) is 6.29 Å². The molecular formula is C21H24ClN5O4. The molecule has 0 unspecified atom stereocenters. The molecule has 0 atom stereocenters. The molecule has 0 N–H and O–H groups in total. The number of anilines is 2. The van der Waals surface area contributed by atoms with Crippen LogP contribution in [0.4, 0.5) is 17.3 Å². The maximum absolute atomic E-state index is 12.0. The van der Waals surface area contributed by atoms with Crippen LogP contribution in [0.15, 0.2) is 36.7 Å². The number of benzene rings is 1. The second-order valence-corrected chi connectivity index (χ2v) is 7.88. The highest BCUT2D eigenvalue weighted by Crippen LogP contribution is 2.36. The van der Waals surface area contributed by atoms with E-state index in [1.54, 1.807) is 11.9 Å². The molecule has 0 spiro atoms. The minimum Gasteiger partial charge on any atom is -0.354 e. The molecule has 1 fully saturated rings. The zero-order chi connectivity index (χ0) is 21.8. The van der Waals surface area contributed by atoms with Gasteiger partial charge in [-0.3, -0.25) is 10.1 Å². The summed E-state index contributed by atoms with van der Waals surface area (Å²) in [5.41, 5.74) is 2.22. The van der Waals surface area contributed by atoms with Crippen molar-refractivity contribution < 1.29 is 14.4 Å². The van der Waals surface area contributed by atoms with Crippen LogP contribution in [0.5, 0.6) is 0 Å². The van der Waals surface area contributed by atoms with E-state index in [4.69, 9.17) is 21.1 Å². The SMILES string of the molecule is CN(CCC1OCCO1)c1ncnc(N2CC=C(c3ccc(Cl)cc3)CC2)c1[N+](=O)[O-]. The fourth-order valence-corrected chi connectivity index (χ4v) is 3.93. The van der Waals surface area contributed by atoms with E-state index in [1.165, 1.54) is 11.9 Å². The van der Waals surface area contributed by atoms with E-state index in [1.807, 2.05) is 29.2 Å². The van der Waals surface area contributed by atoms with Crippen LogP contribution in [0.1, 0.15) is 18.4 Å². The minimum atomic E-state index is -0.401. The Kier molecular flexibility index (Phi) is 6.64. The summed E-state index contributed by atoms with van der Waals surface area (Å²) < 4.78 is 10.9. The van der Waals surface area contributed by atoms with Crippen molar-refractivity contribution in [1.82, 2.24) is 9.97 Å². The molecule has 31 heavy (non-hydrogen) atoms. The van der Waals surface area contributed by atoms with Crippen LogP contribution in [0.3, 0.4) is 0 Å². The lowest BCUT2D eigenvalue weighted by Gasteiger charge is -2.28. The first-order chi connectivity index (χ1) is 15.0. The molecule has 1 aromatic heterocycles. The van der Waals surface area contributed by atoms with Crippen molar-refractivity contribution in [3.8, 4) is 0 Å². The minimum absolute atomic E-state index is 0.0819. The first-order valence-corrected chi connectivity index (χ1v) is 10.5. The van der Waals surface area contributed by atoms with Crippen LogP contribution >= 0.6 is 11.6 Å². The summed E-state index contributed by atoms with van der Waals surface area (Å²) in [6.07, 6.45) is 4.54. The molecule has 0 aliphatic carbocycles. The molecule has 2 aliphatic heterocycles. The van der Waals surface area contributed by atoms with Crippen LogP contribution in [-0.4, -0.2) is 61.1 Å². The first kappa shape index (κ1) is 21.5. The lowest BCUT2D eigenvalue weighted by atomic mass is 9.99. The molecule has 2 aliphatic rings. The van der Waals surface area contributed by atoms with Crippen molar-refractivity contribution in [3.63, 3.8) is 0 Å². The summed E-state index contributed by atoms with van der Waals surface area (Å²) >= 11 is 5.98. The molecule has 0 amide bonds. The van der Waals surface area contributed by atoms with Crippen molar-refractivity contribution in [3.05, 3.63) is 57.4 Å². The molecule has 164 valence electrons. The summed E-state index contributed by atoms with van der Waals surface area (Å²) in [4.78, 5) is 23.7. The Morgan fingerprint density at radius 1 is 1.26 bits per heavy atom. The Balaban J connectivity index is 1.52.